The lowest BCUT2D eigenvalue weighted by atomic mass is 10.2. The van der Waals surface area contributed by atoms with Crippen LogP contribution >= 0.6 is 15.9 Å². The van der Waals surface area contributed by atoms with E-state index < -0.39 is 10.0 Å². The number of hydrogen-bond acceptors (Lipinski definition) is 5. The van der Waals surface area contributed by atoms with Crippen LogP contribution in [0, 0.1) is 0 Å². The van der Waals surface area contributed by atoms with Crippen LogP contribution in [0.4, 0.5) is 17.1 Å². The largest absolute Gasteiger partial charge is 0.395 e. The van der Waals surface area contributed by atoms with Gasteiger partial charge in [0, 0.05) is 17.6 Å². The summed E-state index contributed by atoms with van der Waals surface area (Å²) >= 11 is 3.32. The fourth-order valence-corrected chi connectivity index (χ4v) is 2.60. The number of nitrogens with two attached hydrogens (primary N) is 1. The van der Waals surface area contributed by atoms with Gasteiger partial charge in [-0.15, -0.1) is 0 Å². The van der Waals surface area contributed by atoms with E-state index in [0.717, 1.165) is 10.7 Å². The molecule has 0 unspecified atom stereocenters. The molecule has 1 aromatic carbocycles. The number of nitrogen functional groups attached to an aromatic ring is 1. The van der Waals surface area contributed by atoms with E-state index in [2.05, 4.69) is 26.0 Å². The Morgan fingerprint density at radius 3 is 2.53 bits per heavy atom. The molecule has 0 aliphatic heterocycles. The third-order valence-electron chi connectivity index (χ3n) is 2.26. The molecule has 0 saturated heterocycles. The Kier molecular flexibility index (Phi) is 5.45. The predicted molar refractivity (Wildman–Crippen MR) is 82.0 cm³/mol. The van der Waals surface area contributed by atoms with E-state index in [-0.39, 0.29) is 6.04 Å². The quantitative estimate of drug-likeness (QED) is 0.680. The minimum absolute atomic E-state index is 0.0488. The van der Waals surface area contributed by atoms with Crippen LogP contribution < -0.4 is 15.8 Å². The van der Waals surface area contributed by atoms with Gasteiger partial charge in [-0.3, -0.25) is 4.72 Å². The average Bonchev–Trinajstić information content (AvgIpc) is 2.23. The molecule has 0 spiro atoms. The summed E-state index contributed by atoms with van der Waals surface area (Å²) in [5, 5.41) is 3.16. The minimum Gasteiger partial charge on any atom is -0.395 e. The van der Waals surface area contributed by atoms with Gasteiger partial charge in [0.05, 0.1) is 29.9 Å². The van der Waals surface area contributed by atoms with Crippen molar-refractivity contribution in [2.45, 2.75) is 13.0 Å². The van der Waals surface area contributed by atoms with Crippen molar-refractivity contribution < 1.29 is 13.2 Å². The molecule has 0 aliphatic carbocycles. The van der Waals surface area contributed by atoms with Gasteiger partial charge in [0.25, 0.3) is 0 Å². The Labute approximate surface area is 121 Å². The van der Waals surface area contributed by atoms with Crippen LogP contribution in [0.3, 0.4) is 0 Å². The van der Waals surface area contributed by atoms with Crippen molar-refractivity contribution in [2.75, 3.05) is 35.7 Å². The molecule has 1 aromatic rings. The zero-order chi connectivity index (χ0) is 14.6. The molecule has 8 heteroatoms. The number of methoxy groups -OCH3 is 1. The molecule has 108 valence electrons. The van der Waals surface area contributed by atoms with E-state index in [4.69, 9.17) is 10.5 Å². The van der Waals surface area contributed by atoms with Crippen LogP contribution in [0.25, 0.3) is 0 Å². The van der Waals surface area contributed by atoms with Crippen molar-refractivity contribution in [1.82, 2.24) is 0 Å². The van der Waals surface area contributed by atoms with E-state index >= 15 is 0 Å². The van der Waals surface area contributed by atoms with Crippen LogP contribution in [0.15, 0.2) is 16.6 Å². The van der Waals surface area contributed by atoms with Crippen molar-refractivity contribution in [2.24, 2.45) is 0 Å². The number of benzene rings is 1. The van der Waals surface area contributed by atoms with Gasteiger partial charge in [-0.05, 0) is 19.1 Å². The average molecular weight is 352 g/mol. The highest BCUT2D eigenvalue weighted by Crippen LogP contribution is 2.33. The Morgan fingerprint density at radius 2 is 2.00 bits per heavy atom. The van der Waals surface area contributed by atoms with E-state index in [1.54, 1.807) is 19.2 Å². The monoisotopic (exact) mass is 351 g/mol. The maximum atomic E-state index is 11.3. The maximum Gasteiger partial charge on any atom is 0.229 e. The highest BCUT2D eigenvalue weighted by Gasteiger charge is 2.12. The van der Waals surface area contributed by atoms with E-state index in [1.165, 1.54) is 0 Å². The zero-order valence-corrected chi connectivity index (χ0v) is 13.4. The molecule has 1 atom stereocenters. The van der Waals surface area contributed by atoms with Gasteiger partial charge in [-0.25, -0.2) is 8.42 Å². The topological polar surface area (TPSA) is 93.5 Å². The first-order chi connectivity index (χ1) is 8.73. The standard InChI is InChI=1S/C11H18BrN3O3S/c1-7(6-18-2)14-9-4-8(12)5-10(11(9)13)15-19(3,16)17/h4-5,7,14-15H,6,13H2,1-3H3/t7-/m1/s1. The number of hydrogen-bond donors (Lipinski definition) is 3. The van der Waals surface area contributed by atoms with Crippen LogP contribution in [0.5, 0.6) is 0 Å². The number of halogens is 1. The molecule has 0 saturated carbocycles. The highest BCUT2D eigenvalue weighted by molar-refractivity contribution is 9.10. The second-order valence-corrected chi connectivity index (χ2v) is 6.95. The summed E-state index contributed by atoms with van der Waals surface area (Å²) in [6, 6.07) is 3.45. The number of rotatable bonds is 6. The van der Waals surface area contributed by atoms with Crippen molar-refractivity contribution in [3.63, 3.8) is 0 Å². The summed E-state index contributed by atoms with van der Waals surface area (Å²) in [5.74, 6) is 0. The molecule has 0 heterocycles. The number of anilines is 3. The minimum atomic E-state index is -3.38. The molecule has 0 radical (unpaired) electrons. The summed E-state index contributed by atoms with van der Waals surface area (Å²) in [4.78, 5) is 0. The van der Waals surface area contributed by atoms with Crippen molar-refractivity contribution in [3.8, 4) is 0 Å². The van der Waals surface area contributed by atoms with Gasteiger partial charge in [0.15, 0.2) is 0 Å². The second-order valence-electron chi connectivity index (χ2n) is 4.29. The molecule has 0 bridgehead atoms. The number of sulfonamides is 1. The van der Waals surface area contributed by atoms with Crippen LogP contribution in [0.2, 0.25) is 0 Å². The molecule has 4 N–H and O–H groups in total. The van der Waals surface area contributed by atoms with Gasteiger partial charge < -0.3 is 15.8 Å². The molecule has 0 fully saturated rings. The molecular weight excluding hydrogens is 334 g/mol. The summed E-state index contributed by atoms with van der Waals surface area (Å²) in [7, 11) is -1.76. The van der Waals surface area contributed by atoms with Gasteiger partial charge in [-0.2, -0.15) is 0 Å². The van der Waals surface area contributed by atoms with E-state index in [9.17, 15) is 8.42 Å². The first kappa shape index (κ1) is 16.1. The fraction of sp³-hybridized carbons (Fsp3) is 0.455. The molecule has 0 amide bonds. The van der Waals surface area contributed by atoms with Crippen LogP contribution in [-0.4, -0.2) is 34.4 Å². The SMILES string of the molecule is COC[C@@H](C)Nc1cc(Br)cc(NS(C)(=O)=O)c1N. The lowest BCUT2D eigenvalue weighted by molar-refractivity contribution is 0.190. The molecule has 19 heavy (non-hydrogen) atoms. The summed E-state index contributed by atoms with van der Waals surface area (Å²) in [6.07, 6.45) is 1.08. The van der Waals surface area contributed by atoms with E-state index in [0.29, 0.717) is 23.7 Å². The predicted octanol–water partition coefficient (Wildman–Crippen LogP) is 1.85. The van der Waals surface area contributed by atoms with E-state index in [1.807, 2.05) is 6.92 Å². The smallest absolute Gasteiger partial charge is 0.229 e. The van der Waals surface area contributed by atoms with Gasteiger partial charge >= 0.3 is 0 Å². The number of nitrogens with one attached hydrogen (secondary N) is 2. The first-order valence-electron chi connectivity index (χ1n) is 5.55. The Balaban J connectivity index is 3.06. The van der Waals surface area contributed by atoms with Crippen LogP contribution in [0.1, 0.15) is 6.92 Å². The van der Waals surface area contributed by atoms with Crippen molar-refractivity contribution in [3.05, 3.63) is 16.6 Å². The highest BCUT2D eigenvalue weighted by atomic mass is 79.9. The maximum absolute atomic E-state index is 11.3. The van der Waals surface area contributed by atoms with Crippen molar-refractivity contribution in [1.29, 1.82) is 0 Å². The Hall–Kier alpha value is -0.990. The fourth-order valence-electron chi connectivity index (χ4n) is 1.58. The zero-order valence-electron chi connectivity index (χ0n) is 11.0. The molecule has 0 aromatic heterocycles. The first-order valence-corrected chi connectivity index (χ1v) is 8.23. The Bertz CT molecular complexity index is 548. The molecule has 6 nitrogen and oxygen atoms in total. The Morgan fingerprint density at radius 1 is 1.42 bits per heavy atom. The summed E-state index contributed by atoms with van der Waals surface area (Å²) in [6.45, 7) is 2.45. The normalized spacial score (nSPS) is 13.1. The molecule has 0 aliphatic rings. The molecular formula is C11H18BrN3O3S. The lowest BCUT2D eigenvalue weighted by Crippen LogP contribution is -2.22. The van der Waals surface area contributed by atoms with Gasteiger partial charge in [0.1, 0.15) is 0 Å². The third kappa shape index (κ3) is 5.25. The third-order valence-corrected chi connectivity index (χ3v) is 3.31. The summed E-state index contributed by atoms with van der Waals surface area (Å²) in [5.41, 5.74) is 7.28. The van der Waals surface area contributed by atoms with Crippen molar-refractivity contribution >= 4 is 43.0 Å². The van der Waals surface area contributed by atoms with Gasteiger partial charge in [0.2, 0.25) is 10.0 Å². The van der Waals surface area contributed by atoms with Gasteiger partial charge in [-0.1, -0.05) is 15.9 Å². The number of ether oxygens (including phenoxy) is 1. The summed E-state index contributed by atoms with van der Waals surface area (Å²) < 4.78 is 30.7. The van der Waals surface area contributed by atoms with Crippen LogP contribution in [-0.2, 0) is 14.8 Å². The molecule has 1 rings (SSSR count). The second kappa shape index (κ2) is 6.44. The lowest BCUT2D eigenvalue weighted by Gasteiger charge is -2.18.